The van der Waals surface area contributed by atoms with E-state index >= 15 is 0 Å². The summed E-state index contributed by atoms with van der Waals surface area (Å²) in [6, 6.07) is 10.9. The summed E-state index contributed by atoms with van der Waals surface area (Å²) in [5, 5.41) is 0.947. The maximum Gasteiger partial charge on any atom is 0.151 e. The Balaban J connectivity index is 1.93. The van der Waals surface area contributed by atoms with Crippen LogP contribution in [0.2, 0.25) is 0 Å². The summed E-state index contributed by atoms with van der Waals surface area (Å²) >= 11 is 1.61. The number of halogens is 1. The van der Waals surface area contributed by atoms with Crippen LogP contribution in [0.15, 0.2) is 47.6 Å². The third kappa shape index (κ3) is 2.41. The fourth-order valence-corrected chi connectivity index (χ4v) is 3.00. The lowest BCUT2D eigenvalue weighted by Crippen LogP contribution is -2.00. The van der Waals surface area contributed by atoms with E-state index in [2.05, 4.69) is 9.97 Å². The van der Waals surface area contributed by atoms with Crippen molar-refractivity contribution in [3.05, 3.63) is 54.2 Å². The molecule has 0 spiro atoms. The number of nitrogens with zero attached hydrogens (tertiary/aromatic N) is 3. The summed E-state index contributed by atoms with van der Waals surface area (Å²) in [4.78, 5) is 8.71. The molecule has 0 fully saturated rings. The molecular formula is C15H14FN3S. The van der Waals surface area contributed by atoms with Gasteiger partial charge in [-0.05, 0) is 31.2 Å². The molecule has 3 aromatic rings. The monoisotopic (exact) mass is 287 g/mol. The van der Waals surface area contributed by atoms with Crippen molar-refractivity contribution in [3.63, 3.8) is 0 Å². The van der Waals surface area contributed by atoms with Crippen LogP contribution in [-0.4, -0.2) is 14.5 Å². The molecule has 0 aliphatic rings. The zero-order valence-electron chi connectivity index (χ0n) is 11.1. The molecule has 102 valence electrons. The van der Waals surface area contributed by atoms with Gasteiger partial charge < -0.3 is 4.57 Å². The molecule has 0 saturated carbocycles. The Bertz CT molecular complexity index is 725. The van der Waals surface area contributed by atoms with Crippen LogP contribution < -0.4 is 0 Å². The maximum absolute atomic E-state index is 13.8. The molecule has 5 heteroatoms. The Labute approximate surface area is 120 Å². The van der Waals surface area contributed by atoms with Crippen LogP contribution in [0, 0.1) is 5.82 Å². The van der Waals surface area contributed by atoms with Crippen LogP contribution in [0.25, 0.3) is 11.0 Å². The van der Waals surface area contributed by atoms with Gasteiger partial charge in [0.05, 0.1) is 16.3 Å². The second-order valence-corrected chi connectivity index (χ2v) is 5.33. The zero-order chi connectivity index (χ0) is 13.9. The molecule has 0 N–H and O–H groups in total. The predicted octanol–water partition coefficient (Wildman–Crippen LogP) is 3.88. The third-order valence-corrected chi connectivity index (χ3v) is 4.05. The minimum absolute atomic E-state index is 0.265. The second kappa shape index (κ2) is 5.63. The first kappa shape index (κ1) is 13.1. The summed E-state index contributed by atoms with van der Waals surface area (Å²) in [7, 11) is 0. The fourth-order valence-electron chi connectivity index (χ4n) is 2.19. The first-order valence-corrected chi connectivity index (χ1v) is 7.45. The Morgan fingerprint density at radius 3 is 2.85 bits per heavy atom. The van der Waals surface area contributed by atoms with E-state index in [4.69, 9.17) is 0 Å². The smallest absolute Gasteiger partial charge is 0.151 e. The average Bonchev–Trinajstić information content (AvgIpc) is 2.85. The van der Waals surface area contributed by atoms with Gasteiger partial charge >= 0.3 is 0 Å². The van der Waals surface area contributed by atoms with E-state index in [9.17, 15) is 4.39 Å². The van der Waals surface area contributed by atoms with Crippen molar-refractivity contribution >= 4 is 22.8 Å². The van der Waals surface area contributed by atoms with E-state index in [1.54, 1.807) is 24.0 Å². The molecule has 0 amide bonds. The molecule has 3 nitrogen and oxygen atoms in total. The summed E-state index contributed by atoms with van der Waals surface area (Å²) in [6.45, 7) is 2.82. The molecule has 0 bridgehead atoms. The second-order valence-electron chi connectivity index (χ2n) is 4.34. The lowest BCUT2D eigenvalue weighted by Gasteiger charge is -2.05. The molecule has 0 atom stereocenters. The Hall–Kier alpha value is -1.88. The lowest BCUT2D eigenvalue weighted by atomic mass is 10.3. The van der Waals surface area contributed by atoms with Gasteiger partial charge in [0.1, 0.15) is 11.3 Å². The molecule has 0 aliphatic carbocycles. The van der Waals surface area contributed by atoms with Crippen molar-refractivity contribution in [1.82, 2.24) is 14.5 Å². The van der Waals surface area contributed by atoms with Gasteiger partial charge in [-0.25, -0.2) is 14.4 Å². The van der Waals surface area contributed by atoms with Crippen molar-refractivity contribution < 1.29 is 4.39 Å². The van der Waals surface area contributed by atoms with Crippen LogP contribution in [-0.2, 0) is 12.3 Å². The number of aromatic nitrogens is 3. The predicted molar refractivity (Wildman–Crippen MR) is 79.2 cm³/mol. The van der Waals surface area contributed by atoms with Gasteiger partial charge in [0.15, 0.2) is 5.82 Å². The average molecular weight is 287 g/mol. The van der Waals surface area contributed by atoms with E-state index in [0.29, 0.717) is 11.3 Å². The molecular weight excluding hydrogens is 273 g/mol. The van der Waals surface area contributed by atoms with Gasteiger partial charge in [0.25, 0.3) is 0 Å². The topological polar surface area (TPSA) is 30.7 Å². The molecule has 0 aliphatic heterocycles. The minimum atomic E-state index is -0.265. The minimum Gasteiger partial charge on any atom is -0.327 e. The first-order chi connectivity index (χ1) is 9.79. The molecule has 20 heavy (non-hydrogen) atoms. The quantitative estimate of drug-likeness (QED) is 0.682. The standard InChI is InChI=1S/C15H14FN3S/c1-2-19-12-7-5-6-11(16)15(12)18-13(19)10-20-14-8-3-4-9-17-14/h3-9H,2,10H2,1H3. The Morgan fingerprint density at radius 1 is 1.20 bits per heavy atom. The highest BCUT2D eigenvalue weighted by atomic mass is 32.2. The molecule has 2 heterocycles. The zero-order valence-corrected chi connectivity index (χ0v) is 11.9. The SMILES string of the molecule is CCn1c(CSc2ccccn2)nc2c(F)cccc21. The number of hydrogen-bond donors (Lipinski definition) is 0. The largest absolute Gasteiger partial charge is 0.327 e. The first-order valence-electron chi connectivity index (χ1n) is 6.47. The van der Waals surface area contributed by atoms with Crippen LogP contribution in [0.3, 0.4) is 0 Å². The van der Waals surface area contributed by atoms with E-state index in [0.717, 1.165) is 22.9 Å². The van der Waals surface area contributed by atoms with Gasteiger partial charge in [-0.3, -0.25) is 0 Å². The van der Waals surface area contributed by atoms with E-state index in [1.165, 1.54) is 6.07 Å². The van der Waals surface area contributed by atoms with Gasteiger partial charge in [0, 0.05) is 12.7 Å². The molecule has 2 aromatic heterocycles. The van der Waals surface area contributed by atoms with Crippen molar-refractivity contribution in [2.75, 3.05) is 0 Å². The molecule has 0 saturated heterocycles. The highest BCUT2D eigenvalue weighted by molar-refractivity contribution is 7.98. The van der Waals surface area contributed by atoms with E-state index in [1.807, 2.05) is 35.8 Å². The summed E-state index contributed by atoms with van der Waals surface area (Å²) in [5.74, 6) is 1.29. The number of benzene rings is 1. The van der Waals surface area contributed by atoms with Gasteiger partial charge in [0.2, 0.25) is 0 Å². The molecule has 0 unspecified atom stereocenters. The van der Waals surface area contributed by atoms with Crippen molar-refractivity contribution in [1.29, 1.82) is 0 Å². The highest BCUT2D eigenvalue weighted by Gasteiger charge is 2.12. The summed E-state index contributed by atoms with van der Waals surface area (Å²) in [6.07, 6.45) is 1.77. The highest BCUT2D eigenvalue weighted by Crippen LogP contribution is 2.24. The van der Waals surface area contributed by atoms with Gasteiger partial charge in [-0.2, -0.15) is 0 Å². The van der Waals surface area contributed by atoms with Gasteiger partial charge in [-0.15, -0.1) is 0 Å². The Morgan fingerprint density at radius 2 is 2.10 bits per heavy atom. The van der Waals surface area contributed by atoms with E-state index < -0.39 is 0 Å². The number of hydrogen-bond acceptors (Lipinski definition) is 3. The van der Waals surface area contributed by atoms with Crippen LogP contribution >= 0.6 is 11.8 Å². The van der Waals surface area contributed by atoms with E-state index in [-0.39, 0.29) is 5.82 Å². The maximum atomic E-state index is 13.8. The molecule has 3 rings (SSSR count). The Kier molecular flexibility index (Phi) is 3.69. The number of pyridine rings is 1. The van der Waals surface area contributed by atoms with Crippen LogP contribution in [0.4, 0.5) is 4.39 Å². The van der Waals surface area contributed by atoms with Crippen molar-refractivity contribution in [2.45, 2.75) is 24.2 Å². The molecule has 0 radical (unpaired) electrons. The van der Waals surface area contributed by atoms with Crippen LogP contribution in [0.5, 0.6) is 0 Å². The summed E-state index contributed by atoms with van der Waals surface area (Å²) in [5.41, 5.74) is 1.30. The number of thioether (sulfide) groups is 1. The number of imidazole rings is 1. The van der Waals surface area contributed by atoms with Crippen LogP contribution in [0.1, 0.15) is 12.7 Å². The third-order valence-electron chi connectivity index (χ3n) is 3.11. The number of aryl methyl sites for hydroxylation is 1. The lowest BCUT2D eigenvalue weighted by molar-refractivity contribution is 0.637. The van der Waals surface area contributed by atoms with Gasteiger partial charge in [-0.1, -0.05) is 23.9 Å². The summed E-state index contributed by atoms with van der Waals surface area (Å²) < 4.78 is 15.8. The number of rotatable bonds is 4. The van der Waals surface area contributed by atoms with Crippen molar-refractivity contribution in [2.24, 2.45) is 0 Å². The molecule has 1 aromatic carbocycles. The normalized spacial score (nSPS) is 11.1. The fraction of sp³-hybridized carbons (Fsp3) is 0.200. The number of para-hydroxylation sites is 1. The van der Waals surface area contributed by atoms with Crippen molar-refractivity contribution in [3.8, 4) is 0 Å². The number of fused-ring (bicyclic) bond motifs is 1.